The van der Waals surface area contributed by atoms with Crippen molar-refractivity contribution >= 4 is 28.9 Å². The molecule has 0 spiro atoms. The Kier molecular flexibility index (Phi) is 4.85. The summed E-state index contributed by atoms with van der Waals surface area (Å²) in [5.41, 5.74) is 3.62. The summed E-state index contributed by atoms with van der Waals surface area (Å²) in [5, 5.41) is 5.62. The van der Waals surface area contributed by atoms with Crippen molar-refractivity contribution in [2.45, 2.75) is 6.92 Å². The number of ether oxygens (including phenoxy) is 1. The molecule has 0 saturated carbocycles. The first kappa shape index (κ1) is 16.4. The molecule has 0 fully saturated rings. The molecule has 5 heteroatoms. The minimum Gasteiger partial charge on any atom is -0.423 e. The molecule has 0 radical (unpaired) electrons. The van der Waals surface area contributed by atoms with Gasteiger partial charge in [0, 0.05) is 6.92 Å². The lowest BCUT2D eigenvalue weighted by Gasteiger charge is -2.07. The van der Waals surface area contributed by atoms with Crippen molar-refractivity contribution in [1.29, 1.82) is 0 Å². The van der Waals surface area contributed by atoms with Crippen molar-refractivity contribution in [3.8, 4) is 5.75 Å². The second kappa shape index (κ2) is 7.40. The Hall–Kier alpha value is -3.47. The molecular weight excluding hydrogens is 316 g/mol. The van der Waals surface area contributed by atoms with Gasteiger partial charge < -0.3 is 4.74 Å². The highest BCUT2D eigenvalue weighted by atomic mass is 16.5. The monoisotopic (exact) mass is 332 g/mol. The molecule has 0 aliphatic heterocycles. The molecule has 3 aromatic rings. The highest BCUT2D eigenvalue weighted by molar-refractivity contribution is 6.05. The standard InChI is InChI=1S/C20H16N2O3/c1-14(23)22-21-13-15-9-11-17(12-10-15)25-20(24)19-8-4-6-16-5-2-3-7-18(16)19/h2-13H,1H3,(H,22,23)/b21-13-. The van der Waals surface area contributed by atoms with Gasteiger partial charge >= 0.3 is 5.97 Å². The molecule has 0 heterocycles. The third kappa shape index (κ3) is 4.09. The van der Waals surface area contributed by atoms with Crippen LogP contribution in [0, 0.1) is 0 Å². The normalized spacial score (nSPS) is 10.8. The molecular formula is C20H16N2O3. The van der Waals surface area contributed by atoms with Gasteiger partial charge in [0.1, 0.15) is 5.75 Å². The van der Waals surface area contributed by atoms with Crippen LogP contribution >= 0.6 is 0 Å². The van der Waals surface area contributed by atoms with Crippen LogP contribution in [0.4, 0.5) is 0 Å². The minimum atomic E-state index is -0.406. The number of hydrogen-bond donors (Lipinski definition) is 1. The van der Waals surface area contributed by atoms with Crippen LogP contribution in [0.5, 0.6) is 5.75 Å². The van der Waals surface area contributed by atoms with Crippen molar-refractivity contribution in [2.75, 3.05) is 0 Å². The van der Waals surface area contributed by atoms with E-state index in [0.717, 1.165) is 16.3 Å². The van der Waals surface area contributed by atoms with Gasteiger partial charge in [-0.3, -0.25) is 4.79 Å². The number of amides is 1. The third-order valence-electron chi connectivity index (χ3n) is 3.54. The van der Waals surface area contributed by atoms with E-state index in [1.807, 2.05) is 36.4 Å². The minimum absolute atomic E-state index is 0.239. The lowest BCUT2D eigenvalue weighted by Crippen LogP contribution is -2.12. The zero-order chi connectivity index (χ0) is 17.6. The molecule has 25 heavy (non-hydrogen) atoms. The number of hydrazone groups is 1. The summed E-state index contributed by atoms with van der Waals surface area (Å²) in [6.07, 6.45) is 1.51. The highest BCUT2D eigenvalue weighted by Gasteiger charge is 2.12. The maximum Gasteiger partial charge on any atom is 0.344 e. The van der Waals surface area contributed by atoms with E-state index in [9.17, 15) is 9.59 Å². The van der Waals surface area contributed by atoms with Gasteiger partial charge in [0.15, 0.2) is 0 Å². The predicted octanol–water partition coefficient (Wildman–Crippen LogP) is 3.53. The zero-order valence-electron chi connectivity index (χ0n) is 13.6. The average molecular weight is 332 g/mol. The van der Waals surface area contributed by atoms with E-state index in [2.05, 4.69) is 10.5 Å². The number of nitrogens with one attached hydrogen (secondary N) is 1. The van der Waals surface area contributed by atoms with Gasteiger partial charge in [-0.05, 0) is 46.7 Å². The van der Waals surface area contributed by atoms with Crippen LogP contribution < -0.4 is 10.2 Å². The quantitative estimate of drug-likeness (QED) is 0.344. The van der Waals surface area contributed by atoms with Crippen molar-refractivity contribution in [3.63, 3.8) is 0 Å². The molecule has 1 amide bonds. The maximum absolute atomic E-state index is 12.5. The summed E-state index contributed by atoms with van der Waals surface area (Å²) in [6, 6.07) is 20.1. The van der Waals surface area contributed by atoms with Crippen molar-refractivity contribution in [2.24, 2.45) is 5.10 Å². The second-order valence-corrected chi connectivity index (χ2v) is 5.41. The van der Waals surface area contributed by atoms with E-state index in [1.165, 1.54) is 13.1 Å². The van der Waals surface area contributed by atoms with E-state index in [4.69, 9.17) is 4.74 Å². The Balaban J connectivity index is 1.74. The number of hydrogen-bond acceptors (Lipinski definition) is 4. The Labute approximate surface area is 144 Å². The molecule has 5 nitrogen and oxygen atoms in total. The first-order valence-corrected chi connectivity index (χ1v) is 7.73. The van der Waals surface area contributed by atoms with Crippen molar-refractivity contribution in [3.05, 3.63) is 77.9 Å². The Morgan fingerprint density at radius 3 is 2.44 bits per heavy atom. The van der Waals surface area contributed by atoms with Gasteiger partial charge in [-0.25, -0.2) is 10.2 Å². The first-order chi connectivity index (χ1) is 12.1. The number of rotatable bonds is 4. The van der Waals surface area contributed by atoms with E-state index >= 15 is 0 Å². The molecule has 3 aromatic carbocycles. The Morgan fingerprint density at radius 1 is 0.960 bits per heavy atom. The van der Waals surface area contributed by atoms with E-state index in [-0.39, 0.29) is 5.91 Å². The predicted molar refractivity (Wildman–Crippen MR) is 96.8 cm³/mol. The number of fused-ring (bicyclic) bond motifs is 1. The fraction of sp³-hybridized carbons (Fsp3) is 0.0500. The summed E-state index contributed by atoms with van der Waals surface area (Å²) < 4.78 is 5.45. The number of esters is 1. The van der Waals surface area contributed by atoms with Gasteiger partial charge in [-0.15, -0.1) is 0 Å². The van der Waals surface area contributed by atoms with Gasteiger partial charge in [0.2, 0.25) is 5.91 Å². The fourth-order valence-corrected chi connectivity index (χ4v) is 2.39. The van der Waals surface area contributed by atoms with Crippen LogP contribution in [0.15, 0.2) is 71.8 Å². The smallest absolute Gasteiger partial charge is 0.344 e. The Morgan fingerprint density at radius 2 is 1.68 bits per heavy atom. The van der Waals surface area contributed by atoms with Crippen LogP contribution in [-0.2, 0) is 4.79 Å². The number of nitrogens with zero attached hydrogens (tertiary/aromatic N) is 1. The van der Waals surface area contributed by atoms with Crippen LogP contribution in [0.2, 0.25) is 0 Å². The number of benzene rings is 3. The van der Waals surface area contributed by atoms with Crippen molar-refractivity contribution < 1.29 is 14.3 Å². The summed E-state index contributed by atoms with van der Waals surface area (Å²) in [4.78, 5) is 23.2. The summed E-state index contributed by atoms with van der Waals surface area (Å²) in [7, 11) is 0. The van der Waals surface area contributed by atoms with Crippen LogP contribution in [0.3, 0.4) is 0 Å². The van der Waals surface area contributed by atoms with Crippen LogP contribution in [0.1, 0.15) is 22.8 Å². The van der Waals surface area contributed by atoms with Crippen molar-refractivity contribution in [1.82, 2.24) is 5.43 Å². The first-order valence-electron chi connectivity index (χ1n) is 7.73. The average Bonchev–Trinajstić information content (AvgIpc) is 2.62. The van der Waals surface area contributed by atoms with Gasteiger partial charge in [0.25, 0.3) is 0 Å². The molecule has 124 valence electrons. The molecule has 3 rings (SSSR count). The van der Waals surface area contributed by atoms with E-state index < -0.39 is 5.97 Å². The summed E-state index contributed by atoms with van der Waals surface area (Å²) >= 11 is 0. The molecule has 1 N–H and O–H groups in total. The molecule has 0 aliphatic carbocycles. The Bertz CT molecular complexity index is 941. The second-order valence-electron chi connectivity index (χ2n) is 5.41. The molecule has 0 atom stereocenters. The zero-order valence-corrected chi connectivity index (χ0v) is 13.6. The summed E-state index contributed by atoms with van der Waals surface area (Å²) in [6.45, 7) is 1.38. The van der Waals surface area contributed by atoms with Gasteiger partial charge in [-0.1, -0.05) is 36.4 Å². The van der Waals surface area contributed by atoms with Gasteiger partial charge in [-0.2, -0.15) is 5.10 Å². The summed E-state index contributed by atoms with van der Waals surface area (Å²) in [5.74, 6) is -0.206. The largest absolute Gasteiger partial charge is 0.423 e. The third-order valence-corrected chi connectivity index (χ3v) is 3.54. The lowest BCUT2D eigenvalue weighted by atomic mass is 10.0. The molecule has 0 aliphatic rings. The number of carbonyl (C=O) groups excluding carboxylic acids is 2. The maximum atomic E-state index is 12.5. The van der Waals surface area contributed by atoms with E-state index in [0.29, 0.717) is 11.3 Å². The van der Waals surface area contributed by atoms with Gasteiger partial charge in [0.05, 0.1) is 11.8 Å². The fourth-order valence-electron chi connectivity index (χ4n) is 2.39. The highest BCUT2D eigenvalue weighted by Crippen LogP contribution is 2.21. The number of carbonyl (C=O) groups is 2. The lowest BCUT2D eigenvalue weighted by molar-refractivity contribution is -0.118. The van der Waals surface area contributed by atoms with E-state index in [1.54, 1.807) is 30.3 Å². The SMILES string of the molecule is CC(=O)N/N=C\c1ccc(OC(=O)c2cccc3ccccc23)cc1. The molecule has 0 saturated heterocycles. The molecule has 0 bridgehead atoms. The van der Waals surface area contributed by atoms with Crippen LogP contribution in [0.25, 0.3) is 10.8 Å². The molecule has 0 aromatic heterocycles. The molecule has 0 unspecified atom stereocenters. The topological polar surface area (TPSA) is 67.8 Å². The van der Waals surface area contributed by atoms with Crippen LogP contribution in [-0.4, -0.2) is 18.1 Å².